The lowest BCUT2D eigenvalue weighted by Crippen LogP contribution is -2.91. The molecule has 5 rings (SSSR count). The van der Waals surface area contributed by atoms with Crippen LogP contribution in [0.4, 0.5) is 0 Å². The first-order valence-electron chi connectivity index (χ1n) is 14.9. The number of benzene rings is 3. The van der Waals surface area contributed by atoms with Gasteiger partial charge in [0, 0.05) is 24.6 Å². The van der Waals surface area contributed by atoms with E-state index in [-0.39, 0.29) is 12.2 Å². The van der Waals surface area contributed by atoms with Gasteiger partial charge in [-0.1, -0.05) is 110 Å². The van der Waals surface area contributed by atoms with Gasteiger partial charge in [-0.25, -0.2) is 4.79 Å². The van der Waals surface area contributed by atoms with Crippen molar-refractivity contribution in [3.8, 4) is 0 Å². The molecular formula is C34H47N2O5+. The standard InChI is InChI=1S/2C13H19NO.C8H8O3/c2*15-13-9-5-4-8-12(13)14-10-11-6-2-1-3-7-11;9-7(8(10)11)6-4-2-1-3-5-6/h2*1-3,6-7,12-15H,4-5,8-10H2;1-5,7,9H,(H,10,11)/p+1/t12-,13-;;7-/m0.1/s1. The summed E-state index contributed by atoms with van der Waals surface area (Å²) < 4.78 is 0. The Balaban J connectivity index is 0.000000172. The summed E-state index contributed by atoms with van der Waals surface area (Å²) in [5.41, 5.74) is 3.03. The highest BCUT2D eigenvalue weighted by Gasteiger charge is 2.25. The van der Waals surface area contributed by atoms with Gasteiger partial charge in [-0.15, -0.1) is 0 Å². The van der Waals surface area contributed by atoms with Crippen LogP contribution in [0.25, 0.3) is 0 Å². The lowest BCUT2D eigenvalue weighted by atomic mass is 9.92. The molecule has 2 aliphatic rings. The van der Waals surface area contributed by atoms with E-state index >= 15 is 0 Å². The van der Waals surface area contributed by atoms with Crippen LogP contribution in [0.1, 0.15) is 74.2 Å². The molecule has 0 saturated heterocycles. The molecule has 7 nitrogen and oxygen atoms in total. The SMILES string of the molecule is O=C(O)[C@H](O)c1ccccc1.OC1CCCCC1NCc1ccccc1.O[C@H]1CCCC[C@@H]1[NH2+]Cc1ccccc1. The lowest BCUT2D eigenvalue weighted by molar-refractivity contribution is -0.713. The van der Waals surface area contributed by atoms with Crippen molar-refractivity contribution in [3.63, 3.8) is 0 Å². The predicted octanol–water partition coefficient (Wildman–Crippen LogP) is 3.94. The molecular weight excluding hydrogens is 516 g/mol. The zero-order valence-corrected chi connectivity index (χ0v) is 23.9. The van der Waals surface area contributed by atoms with E-state index in [1.54, 1.807) is 30.3 Å². The summed E-state index contributed by atoms with van der Waals surface area (Å²) in [5, 5.41) is 42.7. The monoisotopic (exact) mass is 563 g/mol. The van der Waals surface area contributed by atoms with Crippen molar-refractivity contribution in [2.45, 2.75) is 94.9 Å². The lowest BCUT2D eigenvalue weighted by Gasteiger charge is -2.28. The molecule has 0 bridgehead atoms. The molecule has 0 aromatic heterocycles. The maximum atomic E-state index is 10.2. The molecule has 2 fully saturated rings. The van der Waals surface area contributed by atoms with Crippen LogP contribution in [0.5, 0.6) is 0 Å². The maximum Gasteiger partial charge on any atom is 0.337 e. The summed E-state index contributed by atoms with van der Waals surface area (Å²) in [4.78, 5) is 10.2. The molecule has 0 amide bonds. The number of quaternary nitrogens is 1. The third-order valence-corrected chi connectivity index (χ3v) is 7.77. The number of hydrogen-bond donors (Lipinski definition) is 6. The van der Waals surface area contributed by atoms with Gasteiger partial charge < -0.3 is 31.1 Å². The largest absolute Gasteiger partial charge is 0.479 e. The fourth-order valence-corrected chi connectivity index (χ4v) is 5.29. The second kappa shape index (κ2) is 18.4. The van der Waals surface area contributed by atoms with Crippen LogP contribution in [-0.2, 0) is 17.9 Å². The molecule has 41 heavy (non-hydrogen) atoms. The number of nitrogens with one attached hydrogen (secondary N) is 1. The first kappa shape index (κ1) is 32.4. The van der Waals surface area contributed by atoms with Crippen molar-refractivity contribution >= 4 is 5.97 Å². The highest BCUT2D eigenvalue weighted by Crippen LogP contribution is 2.19. The van der Waals surface area contributed by atoms with Gasteiger partial charge in [-0.3, -0.25) is 0 Å². The van der Waals surface area contributed by atoms with Crippen LogP contribution in [0.3, 0.4) is 0 Å². The van der Waals surface area contributed by atoms with Crippen LogP contribution in [0, 0.1) is 0 Å². The topological polar surface area (TPSA) is 127 Å². The van der Waals surface area contributed by atoms with Crippen LogP contribution in [0.15, 0.2) is 91.0 Å². The second-order valence-corrected chi connectivity index (χ2v) is 10.9. The fourth-order valence-electron chi connectivity index (χ4n) is 5.29. The zero-order chi connectivity index (χ0) is 29.3. The van der Waals surface area contributed by atoms with Gasteiger partial charge >= 0.3 is 5.97 Å². The summed E-state index contributed by atoms with van der Waals surface area (Å²) in [5.74, 6) is -1.23. The second-order valence-electron chi connectivity index (χ2n) is 10.9. The molecule has 2 saturated carbocycles. The normalized spacial score (nSPS) is 22.7. The summed E-state index contributed by atoms with van der Waals surface area (Å²) in [7, 11) is 0. The first-order chi connectivity index (χ1) is 19.9. The number of hydrogen-bond acceptors (Lipinski definition) is 5. The Bertz CT molecular complexity index is 1040. The summed E-state index contributed by atoms with van der Waals surface area (Å²) in [6.45, 7) is 1.85. The number of nitrogens with two attached hydrogens (primary N) is 1. The number of rotatable bonds is 8. The molecule has 2 unspecified atom stereocenters. The molecule has 0 spiro atoms. The van der Waals surface area contributed by atoms with E-state index in [0.29, 0.717) is 17.6 Å². The van der Waals surface area contributed by atoms with Crippen LogP contribution in [-0.4, -0.2) is 50.7 Å². The van der Waals surface area contributed by atoms with E-state index in [9.17, 15) is 15.0 Å². The minimum absolute atomic E-state index is 0.0949. The van der Waals surface area contributed by atoms with Crippen molar-refractivity contribution in [3.05, 3.63) is 108 Å². The van der Waals surface area contributed by atoms with Crippen molar-refractivity contribution < 1.29 is 30.5 Å². The van der Waals surface area contributed by atoms with Crippen LogP contribution < -0.4 is 10.6 Å². The van der Waals surface area contributed by atoms with Crippen molar-refractivity contribution in [1.29, 1.82) is 0 Å². The minimum Gasteiger partial charge on any atom is -0.479 e. The first-order valence-corrected chi connectivity index (χ1v) is 14.9. The van der Waals surface area contributed by atoms with E-state index in [2.05, 4.69) is 47.0 Å². The summed E-state index contributed by atoms with van der Waals surface area (Å²) >= 11 is 0. The van der Waals surface area contributed by atoms with Gasteiger partial charge in [-0.05, 0) is 36.8 Å². The quantitative estimate of drug-likeness (QED) is 0.247. The third-order valence-electron chi connectivity index (χ3n) is 7.77. The number of aliphatic carboxylic acids is 1. The summed E-state index contributed by atoms with van der Waals surface area (Å²) in [6, 6.07) is 29.8. The minimum atomic E-state index is -1.41. The molecule has 0 heterocycles. The summed E-state index contributed by atoms with van der Waals surface area (Å²) in [6.07, 6.45) is 7.42. The smallest absolute Gasteiger partial charge is 0.337 e. The Labute approximate surface area is 244 Å². The highest BCUT2D eigenvalue weighted by atomic mass is 16.4. The van der Waals surface area contributed by atoms with Gasteiger partial charge in [0.05, 0.1) is 6.10 Å². The molecule has 222 valence electrons. The van der Waals surface area contributed by atoms with E-state index in [1.807, 2.05) is 24.3 Å². The fraction of sp³-hybridized carbons (Fsp3) is 0.441. The van der Waals surface area contributed by atoms with Gasteiger partial charge in [0.2, 0.25) is 0 Å². The Morgan fingerprint density at radius 3 is 1.80 bits per heavy atom. The molecule has 0 radical (unpaired) electrons. The molecule has 5 atom stereocenters. The van der Waals surface area contributed by atoms with Gasteiger partial charge in [-0.2, -0.15) is 0 Å². The predicted molar refractivity (Wildman–Crippen MR) is 161 cm³/mol. The Kier molecular flexibility index (Phi) is 14.5. The number of aliphatic hydroxyl groups is 3. The number of carboxylic acids is 1. The number of aliphatic hydroxyl groups excluding tert-OH is 3. The Morgan fingerprint density at radius 2 is 1.24 bits per heavy atom. The van der Waals surface area contributed by atoms with E-state index < -0.39 is 12.1 Å². The van der Waals surface area contributed by atoms with Crippen LogP contribution in [0.2, 0.25) is 0 Å². The van der Waals surface area contributed by atoms with Gasteiger partial charge in [0.1, 0.15) is 18.7 Å². The average molecular weight is 564 g/mol. The van der Waals surface area contributed by atoms with Gasteiger partial charge in [0.25, 0.3) is 0 Å². The Morgan fingerprint density at radius 1 is 0.732 bits per heavy atom. The number of carboxylic acid groups (broad SMARTS) is 1. The molecule has 0 aliphatic heterocycles. The highest BCUT2D eigenvalue weighted by molar-refractivity contribution is 5.73. The molecule has 3 aromatic carbocycles. The molecule has 2 aliphatic carbocycles. The third kappa shape index (κ3) is 12.1. The molecule has 7 heteroatoms. The van der Waals surface area contributed by atoms with Crippen molar-refractivity contribution in [2.24, 2.45) is 0 Å². The van der Waals surface area contributed by atoms with Crippen molar-refractivity contribution in [1.82, 2.24) is 5.32 Å². The Hall–Kier alpha value is -3.07. The van der Waals surface area contributed by atoms with E-state index in [0.717, 1.165) is 38.8 Å². The number of carbonyl (C=O) groups is 1. The van der Waals surface area contributed by atoms with Crippen LogP contribution >= 0.6 is 0 Å². The van der Waals surface area contributed by atoms with Crippen molar-refractivity contribution in [2.75, 3.05) is 0 Å². The zero-order valence-electron chi connectivity index (χ0n) is 23.9. The molecule has 7 N–H and O–H groups in total. The molecule has 3 aromatic rings. The van der Waals surface area contributed by atoms with E-state index in [4.69, 9.17) is 10.2 Å². The van der Waals surface area contributed by atoms with Gasteiger partial charge in [0.15, 0.2) is 6.10 Å². The van der Waals surface area contributed by atoms with E-state index in [1.165, 1.54) is 36.8 Å². The average Bonchev–Trinajstić information content (AvgIpc) is 3.02. The maximum absolute atomic E-state index is 10.2.